The standard InChI is InChI=1S/C18H25NO/c1-18(2)11-16(14-5-3-4-6-17(14)20-18)19-15-10-12-7-8-13(15)9-12/h3-6,12-13,15-16,19H,7-11H2,1-2H3. The lowest BCUT2D eigenvalue weighted by atomic mass is 9.87. The Morgan fingerprint density at radius 2 is 2.00 bits per heavy atom. The van der Waals surface area contributed by atoms with Gasteiger partial charge in [-0.15, -0.1) is 0 Å². The van der Waals surface area contributed by atoms with Crippen LogP contribution >= 0.6 is 0 Å². The van der Waals surface area contributed by atoms with Crippen molar-refractivity contribution in [3.05, 3.63) is 29.8 Å². The van der Waals surface area contributed by atoms with Gasteiger partial charge in [0.1, 0.15) is 11.4 Å². The molecular weight excluding hydrogens is 246 g/mol. The molecule has 0 amide bonds. The summed E-state index contributed by atoms with van der Waals surface area (Å²) in [5.41, 5.74) is 1.29. The number of rotatable bonds is 2. The van der Waals surface area contributed by atoms with Crippen LogP contribution in [-0.2, 0) is 0 Å². The van der Waals surface area contributed by atoms with E-state index in [1.54, 1.807) is 0 Å². The Bertz CT molecular complexity index is 510. The smallest absolute Gasteiger partial charge is 0.124 e. The summed E-state index contributed by atoms with van der Waals surface area (Å²) in [4.78, 5) is 0. The summed E-state index contributed by atoms with van der Waals surface area (Å²) in [5, 5.41) is 3.98. The second-order valence-corrected chi connectivity index (χ2v) is 7.60. The maximum absolute atomic E-state index is 6.14. The average Bonchev–Trinajstić information content (AvgIpc) is 2.99. The van der Waals surface area contributed by atoms with Crippen molar-refractivity contribution < 1.29 is 4.74 Å². The quantitative estimate of drug-likeness (QED) is 0.875. The molecule has 4 atom stereocenters. The summed E-state index contributed by atoms with van der Waals surface area (Å²) >= 11 is 0. The molecule has 2 fully saturated rings. The summed E-state index contributed by atoms with van der Waals surface area (Å²) in [6, 6.07) is 9.76. The molecule has 2 bridgehead atoms. The Labute approximate surface area is 121 Å². The first-order chi connectivity index (χ1) is 9.61. The predicted molar refractivity (Wildman–Crippen MR) is 80.9 cm³/mol. The van der Waals surface area contributed by atoms with E-state index in [9.17, 15) is 0 Å². The molecule has 108 valence electrons. The maximum atomic E-state index is 6.14. The van der Waals surface area contributed by atoms with Gasteiger partial charge in [-0.1, -0.05) is 24.6 Å². The lowest BCUT2D eigenvalue weighted by molar-refractivity contribution is 0.0617. The van der Waals surface area contributed by atoms with Crippen molar-refractivity contribution in [1.29, 1.82) is 0 Å². The molecule has 2 aliphatic carbocycles. The summed E-state index contributed by atoms with van der Waals surface area (Å²) in [7, 11) is 0. The molecule has 2 nitrogen and oxygen atoms in total. The second kappa shape index (κ2) is 4.49. The third kappa shape index (κ3) is 2.14. The Hall–Kier alpha value is -1.02. The van der Waals surface area contributed by atoms with Crippen molar-refractivity contribution in [1.82, 2.24) is 5.32 Å². The largest absolute Gasteiger partial charge is 0.487 e. The number of benzene rings is 1. The van der Waals surface area contributed by atoms with Gasteiger partial charge in [-0.05, 0) is 51.0 Å². The van der Waals surface area contributed by atoms with Crippen molar-refractivity contribution in [2.75, 3.05) is 0 Å². The van der Waals surface area contributed by atoms with Crippen LogP contribution in [0.2, 0.25) is 0 Å². The minimum atomic E-state index is -0.0658. The first kappa shape index (κ1) is 12.7. The lowest BCUT2D eigenvalue weighted by Crippen LogP contribution is -2.44. The van der Waals surface area contributed by atoms with Gasteiger partial charge in [0.15, 0.2) is 0 Å². The molecule has 20 heavy (non-hydrogen) atoms. The fraction of sp³-hybridized carbons (Fsp3) is 0.667. The van der Waals surface area contributed by atoms with Gasteiger partial charge >= 0.3 is 0 Å². The fourth-order valence-corrected chi connectivity index (χ4v) is 4.66. The number of para-hydroxylation sites is 1. The molecular formula is C18H25NO. The Balaban J connectivity index is 1.58. The molecule has 0 radical (unpaired) electrons. The van der Waals surface area contributed by atoms with E-state index in [-0.39, 0.29) is 5.60 Å². The van der Waals surface area contributed by atoms with E-state index in [0.29, 0.717) is 6.04 Å². The van der Waals surface area contributed by atoms with E-state index < -0.39 is 0 Å². The Kier molecular flexibility index (Phi) is 2.85. The first-order valence-electron chi connectivity index (χ1n) is 8.15. The van der Waals surface area contributed by atoms with Crippen molar-refractivity contribution in [2.24, 2.45) is 11.8 Å². The molecule has 4 unspecified atom stereocenters. The van der Waals surface area contributed by atoms with E-state index >= 15 is 0 Å². The molecule has 2 saturated carbocycles. The molecule has 1 aromatic carbocycles. The van der Waals surface area contributed by atoms with Crippen LogP contribution in [-0.4, -0.2) is 11.6 Å². The zero-order valence-corrected chi connectivity index (χ0v) is 12.6. The summed E-state index contributed by atoms with van der Waals surface area (Å²) in [5.74, 6) is 3.00. The molecule has 1 N–H and O–H groups in total. The molecule has 0 spiro atoms. The predicted octanol–water partition coefficient (Wildman–Crippen LogP) is 4.07. The van der Waals surface area contributed by atoms with Crippen molar-refractivity contribution in [3.8, 4) is 5.75 Å². The number of nitrogens with one attached hydrogen (secondary N) is 1. The van der Waals surface area contributed by atoms with Crippen LogP contribution in [0, 0.1) is 11.8 Å². The third-order valence-corrected chi connectivity index (χ3v) is 5.53. The third-order valence-electron chi connectivity index (χ3n) is 5.53. The van der Waals surface area contributed by atoms with E-state index in [2.05, 4.69) is 43.4 Å². The highest BCUT2D eigenvalue weighted by Crippen LogP contribution is 2.47. The fourth-order valence-electron chi connectivity index (χ4n) is 4.66. The Morgan fingerprint density at radius 1 is 1.15 bits per heavy atom. The zero-order valence-electron chi connectivity index (χ0n) is 12.6. The molecule has 0 aromatic heterocycles. The maximum Gasteiger partial charge on any atom is 0.124 e. The van der Waals surface area contributed by atoms with Gasteiger partial charge in [-0.3, -0.25) is 0 Å². The summed E-state index contributed by atoms with van der Waals surface area (Å²) < 4.78 is 6.14. The lowest BCUT2D eigenvalue weighted by Gasteiger charge is -2.40. The second-order valence-electron chi connectivity index (χ2n) is 7.60. The van der Waals surface area contributed by atoms with Crippen molar-refractivity contribution in [3.63, 3.8) is 0 Å². The monoisotopic (exact) mass is 271 g/mol. The Morgan fingerprint density at radius 3 is 2.75 bits per heavy atom. The summed E-state index contributed by atoms with van der Waals surface area (Å²) in [6.45, 7) is 4.41. The normalized spacial score (nSPS) is 37.5. The topological polar surface area (TPSA) is 21.3 Å². The molecule has 4 rings (SSSR count). The number of fused-ring (bicyclic) bond motifs is 3. The van der Waals surface area contributed by atoms with Gasteiger partial charge in [-0.2, -0.15) is 0 Å². The van der Waals surface area contributed by atoms with E-state index in [0.717, 1.165) is 30.0 Å². The van der Waals surface area contributed by atoms with Gasteiger partial charge in [0, 0.05) is 24.1 Å². The molecule has 3 aliphatic rings. The average molecular weight is 271 g/mol. The van der Waals surface area contributed by atoms with Crippen LogP contribution in [0.25, 0.3) is 0 Å². The van der Waals surface area contributed by atoms with Gasteiger partial charge < -0.3 is 10.1 Å². The highest BCUT2D eigenvalue weighted by atomic mass is 16.5. The van der Waals surface area contributed by atoms with Gasteiger partial charge in [-0.25, -0.2) is 0 Å². The van der Waals surface area contributed by atoms with Crippen LogP contribution < -0.4 is 10.1 Å². The van der Waals surface area contributed by atoms with Gasteiger partial charge in [0.2, 0.25) is 0 Å². The zero-order chi connectivity index (χ0) is 13.7. The van der Waals surface area contributed by atoms with Crippen LogP contribution in [0.3, 0.4) is 0 Å². The highest BCUT2D eigenvalue weighted by Gasteiger charge is 2.42. The van der Waals surface area contributed by atoms with E-state index in [1.807, 2.05) is 0 Å². The highest BCUT2D eigenvalue weighted by molar-refractivity contribution is 5.38. The van der Waals surface area contributed by atoms with Crippen molar-refractivity contribution in [2.45, 2.75) is 63.6 Å². The number of ether oxygens (including phenoxy) is 1. The van der Waals surface area contributed by atoms with Crippen LogP contribution in [0.4, 0.5) is 0 Å². The minimum Gasteiger partial charge on any atom is -0.487 e. The number of hydrogen-bond acceptors (Lipinski definition) is 2. The van der Waals surface area contributed by atoms with Crippen LogP contribution in [0.1, 0.15) is 57.6 Å². The molecule has 1 aliphatic heterocycles. The molecule has 2 heteroatoms. The van der Waals surface area contributed by atoms with E-state index in [1.165, 1.54) is 31.2 Å². The molecule has 1 heterocycles. The first-order valence-corrected chi connectivity index (χ1v) is 8.15. The summed E-state index contributed by atoms with van der Waals surface area (Å²) in [6.07, 6.45) is 6.84. The number of hydrogen-bond donors (Lipinski definition) is 1. The van der Waals surface area contributed by atoms with Gasteiger partial charge in [0.05, 0.1) is 0 Å². The van der Waals surface area contributed by atoms with Crippen LogP contribution in [0.15, 0.2) is 24.3 Å². The molecule has 0 saturated heterocycles. The van der Waals surface area contributed by atoms with E-state index in [4.69, 9.17) is 4.74 Å². The van der Waals surface area contributed by atoms with Gasteiger partial charge in [0.25, 0.3) is 0 Å². The minimum absolute atomic E-state index is 0.0658. The SMILES string of the molecule is CC1(C)CC(NC2CC3CCC2C3)c2ccccc2O1. The van der Waals surface area contributed by atoms with Crippen LogP contribution in [0.5, 0.6) is 5.75 Å². The molecule has 1 aromatic rings. The van der Waals surface area contributed by atoms with Crippen molar-refractivity contribution >= 4 is 0 Å².